The molecule has 6 heteroatoms. The van der Waals surface area contributed by atoms with Gasteiger partial charge < -0.3 is 15.5 Å². The molecule has 0 aromatic heterocycles. The van der Waals surface area contributed by atoms with Crippen molar-refractivity contribution in [1.82, 2.24) is 15.5 Å². The molecule has 1 saturated carbocycles. The molecule has 1 heterocycles. The van der Waals surface area contributed by atoms with Gasteiger partial charge in [0.15, 0.2) is 0 Å². The molecular weight excluding hydrogens is 278 g/mol. The third-order valence-electron chi connectivity index (χ3n) is 4.24. The van der Waals surface area contributed by atoms with E-state index in [-0.39, 0.29) is 36.2 Å². The van der Waals surface area contributed by atoms with Crippen molar-refractivity contribution in [3.05, 3.63) is 0 Å². The van der Waals surface area contributed by atoms with Gasteiger partial charge in [-0.1, -0.05) is 12.8 Å². The van der Waals surface area contributed by atoms with E-state index in [9.17, 15) is 9.59 Å². The van der Waals surface area contributed by atoms with Gasteiger partial charge in [0.25, 0.3) is 0 Å². The Bertz CT molecular complexity index is 345. The molecule has 2 atom stereocenters. The summed E-state index contributed by atoms with van der Waals surface area (Å²) in [6, 6.07) is -0.208. The molecule has 1 unspecified atom stereocenters. The highest BCUT2D eigenvalue weighted by Gasteiger charge is 2.30. The van der Waals surface area contributed by atoms with Gasteiger partial charge in [-0.05, 0) is 26.7 Å². The molecule has 1 aliphatic heterocycles. The number of nitrogens with zero attached hydrogens (tertiary/aromatic N) is 1. The summed E-state index contributed by atoms with van der Waals surface area (Å²) < 4.78 is 0. The first kappa shape index (κ1) is 17.2. The van der Waals surface area contributed by atoms with Crippen molar-refractivity contribution in [2.45, 2.75) is 51.6 Å². The highest BCUT2D eigenvalue weighted by Crippen LogP contribution is 2.24. The number of carbonyl (C=O) groups is 2. The Morgan fingerprint density at radius 3 is 2.55 bits per heavy atom. The molecule has 0 bridgehead atoms. The zero-order valence-electron chi connectivity index (χ0n) is 12.4. The second-order valence-electron chi connectivity index (χ2n) is 5.80. The number of carbonyl (C=O) groups excluding carboxylic acids is 2. The molecule has 1 aliphatic carbocycles. The maximum atomic E-state index is 12.3. The predicted molar refractivity (Wildman–Crippen MR) is 80.9 cm³/mol. The lowest BCUT2D eigenvalue weighted by Crippen LogP contribution is -2.57. The molecule has 116 valence electrons. The lowest BCUT2D eigenvalue weighted by molar-refractivity contribution is -0.139. The molecule has 0 spiro atoms. The number of halogens is 1. The minimum Gasteiger partial charge on any atom is -0.344 e. The summed E-state index contributed by atoms with van der Waals surface area (Å²) >= 11 is 0. The molecule has 2 amide bonds. The predicted octanol–water partition coefficient (Wildman–Crippen LogP) is 0.923. The van der Waals surface area contributed by atoms with E-state index in [4.69, 9.17) is 0 Å². The molecule has 1 saturated heterocycles. The van der Waals surface area contributed by atoms with E-state index in [1.807, 2.05) is 11.8 Å². The summed E-state index contributed by atoms with van der Waals surface area (Å²) in [4.78, 5) is 26.2. The highest BCUT2D eigenvalue weighted by molar-refractivity contribution is 5.88. The molecular formula is C14H26ClN3O2. The summed E-state index contributed by atoms with van der Waals surface area (Å²) in [7, 11) is 0. The van der Waals surface area contributed by atoms with E-state index in [2.05, 4.69) is 10.6 Å². The van der Waals surface area contributed by atoms with Gasteiger partial charge in [-0.25, -0.2) is 0 Å². The molecule has 0 radical (unpaired) electrons. The van der Waals surface area contributed by atoms with Gasteiger partial charge in [0, 0.05) is 31.6 Å². The SMILES string of the molecule is CC(NC(=O)C1CCCC1)C(=O)N1CCNC[C@@H]1C.Cl. The molecule has 0 aromatic rings. The van der Waals surface area contributed by atoms with Crippen LogP contribution >= 0.6 is 12.4 Å². The monoisotopic (exact) mass is 303 g/mol. The Morgan fingerprint density at radius 1 is 1.30 bits per heavy atom. The lowest BCUT2D eigenvalue weighted by atomic mass is 10.1. The van der Waals surface area contributed by atoms with Crippen molar-refractivity contribution >= 4 is 24.2 Å². The molecule has 20 heavy (non-hydrogen) atoms. The molecule has 2 N–H and O–H groups in total. The summed E-state index contributed by atoms with van der Waals surface area (Å²) in [5, 5.41) is 6.15. The average Bonchev–Trinajstić information content (AvgIpc) is 2.92. The molecule has 2 aliphatic rings. The van der Waals surface area contributed by atoms with Crippen LogP contribution in [0.25, 0.3) is 0 Å². The highest BCUT2D eigenvalue weighted by atomic mass is 35.5. The fourth-order valence-corrected chi connectivity index (χ4v) is 3.00. The lowest BCUT2D eigenvalue weighted by Gasteiger charge is -2.35. The second-order valence-corrected chi connectivity index (χ2v) is 5.80. The van der Waals surface area contributed by atoms with Crippen molar-refractivity contribution in [2.75, 3.05) is 19.6 Å². The zero-order chi connectivity index (χ0) is 13.8. The van der Waals surface area contributed by atoms with Gasteiger partial charge >= 0.3 is 0 Å². The van der Waals surface area contributed by atoms with Crippen molar-refractivity contribution < 1.29 is 9.59 Å². The number of rotatable bonds is 3. The third-order valence-corrected chi connectivity index (χ3v) is 4.24. The van der Waals surface area contributed by atoms with Gasteiger partial charge in [0.05, 0.1) is 0 Å². The van der Waals surface area contributed by atoms with Gasteiger partial charge in [-0.15, -0.1) is 12.4 Å². The van der Waals surface area contributed by atoms with Crippen molar-refractivity contribution in [3.63, 3.8) is 0 Å². The number of hydrogen-bond acceptors (Lipinski definition) is 3. The number of amides is 2. The van der Waals surface area contributed by atoms with Crippen molar-refractivity contribution in [2.24, 2.45) is 5.92 Å². The molecule has 5 nitrogen and oxygen atoms in total. The van der Waals surface area contributed by atoms with Gasteiger partial charge in [-0.2, -0.15) is 0 Å². The van der Waals surface area contributed by atoms with E-state index in [0.717, 1.165) is 45.3 Å². The maximum absolute atomic E-state index is 12.3. The van der Waals surface area contributed by atoms with Gasteiger partial charge in [0.1, 0.15) is 6.04 Å². The van der Waals surface area contributed by atoms with Crippen molar-refractivity contribution in [1.29, 1.82) is 0 Å². The normalized spacial score (nSPS) is 24.9. The van der Waals surface area contributed by atoms with Crippen LogP contribution in [0.1, 0.15) is 39.5 Å². The minimum atomic E-state index is -0.409. The van der Waals surface area contributed by atoms with Crippen LogP contribution in [-0.4, -0.2) is 48.4 Å². The number of hydrogen-bond donors (Lipinski definition) is 2. The van der Waals surface area contributed by atoms with Crippen LogP contribution in [0.3, 0.4) is 0 Å². The van der Waals surface area contributed by atoms with Crippen LogP contribution in [0.2, 0.25) is 0 Å². The van der Waals surface area contributed by atoms with E-state index >= 15 is 0 Å². The largest absolute Gasteiger partial charge is 0.344 e. The fourth-order valence-electron chi connectivity index (χ4n) is 3.00. The average molecular weight is 304 g/mol. The topological polar surface area (TPSA) is 61.4 Å². The standard InChI is InChI=1S/C14H25N3O2.ClH/c1-10-9-15-7-8-17(10)14(19)11(2)16-13(18)12-5-3-4-6-12;/h10-12,15H,3-9H2,1-2H3,(H,16,18);1H/t10-,11?;/m0./s1. The summed E-state index contributed by atoms with van der Waals surface area (Å²) in [6.45, 7) is 6.22. The smallest absolute Gasteiger partial charge is 0.245 e. The fraction of sp³-hybridized carbons (Fsp3) is 0.857. The van der Waals surface area contributed by atoms with E-state index in [1.165, 1.54) is 0 Å². The Morgan fingerprint density at radius 2 is 1.95 bits per heavy atom. The summed E-state index contributed by atoms with van der Waals surface area (Å²) in [6.07, 6.45) is 4.21. The minimum absolute atomic E-state index is 0. The summed E-state index contributed by atoms with van der Waals surface area (Å²) in [5.74, 6) is 0.220. The Balaban J connectivity index is 0.00000200. The summed E-state index contributed by atoms with van der Waals surface area (Å²) in [5.41, 5.74) is 0. The Kier molecular flexibility index (Phi) is 6.76. The van der Waals surface area contributed by atoms with E-state index in [0.29, 0.717) is 0 Å². The van der Waals surface area contributed by atoms with E-state index in [1.54, 1.807) is 6.92 Å². The number of nitrogens with one attached hydrogen (secondary N) is 2. The zero-order valence-corrected chi connectivity index (χ0v) is 13.2. The second kappa shape index (κ2) is 7.84. The van der Waals surface area contributed by atoms with Crippen LogP contribution in [0.4, 0.5) is 0 Å². The Labute approximate surface area is 127 Å². The first-order chi connectivity index (χ1) is 9.09. The van der Waals surface area contributed by atoms with E-state index < -0.39 is 6.04 Å². The van der Waals surface area contributed by atoms with Crippen LogP contribution in [-0.2, 0) is 9.59 Å². The molecule has 2 rings (SSSR count). The quantitative estimate of drug-likeness (QED) is 0.815. The first-order valence-electron chi connectivity index (χ1n) is 7.41. The molecule has 2 fully saturated rings. The van der Waals surface area contributed by atoms with Gasteiger partial charge in [0.2, 0.25) is 11.8 Å². The van der Waals surface area contributed by atoms with Crippen LogP contribution in [0, 0.1) is 5.92 Å². The number of piperazine rings is 1. The maximum Gasteiger partial charge on any atom is 0.245 e. The van der Waals surface area contributed by atoms with Crippen molar-refractivity contribution in [3.8, 4) is 0 Å². The van der Waals surface area contributed by atoms with Crippen LogP contribution in [0.5, 0.6) is 0 Å². The van der Waals surface area contributed by atoms with Gasteiger partial charge in [-0.3, -0.25) is 9.59 Å². The third kappa shape index (κ3) is 4.09. The Hall–Kier alpha value is -0.810. The van der Waals surface area contributed by atoms with Crippen LogP contribution < -0.4 is 10.6 Å². The first-order valence-corrected chi connectivity index (χ1v) is 7.41. The molecule has 0 aromatic carbocycles. The van der Waals surface area contributed by atoms with Crippen LogP contribution in [0.15, 0.2) is 0 Å².